The van der Waals surface area contributed by atoms with Gasteiger partial charge >= 0.3 is 6.09 Å². The van der Waals surface area contributed by atoms with E-state index in [1.165, 1.54) is 19.3 Å². The smallest absolute Gasteiger partial charge is 0.412 e. The predicted octanol–water partition coefficient (Wildman–Crippen LogP) is 4.39. The molecule has 0 bridgehead atoms. The number of ether oxygens (including phenoxy) is 1. The van der Waals surface area contributed by atoms with Crippen molar-refractivity contribution in [2.45, 2.75) is 58.5 Å². The monoisotopic (exact) mass is 334 g/mol. The van der Waals surface area contributed by atoms with Crippen LogP contribution in [0.3, 0.4) is 0 Å². The van der Waals surface area contributed by atoms with Crippen molar-refractivity contribution >= 4 is 17.5 Å². The van der Waals surface area contributed by atoms with Crippen LogP contribution in [0.2, 0.25) is 0 Å². The average molecular weight is 334 g/mol. The van der Waals surface area contributed by atoms with Gasteiger partial charge in [0.05, 0.1) is 6.61 Å². The number of benzene rings is 1. The molecule has 0 atom stereocenters. The molecule has 3 N–H and O–H groups in total. The summed E-state index contributed by atoms with van der Waals surface area (Å²) in [6.45, 7) is 6.48. The first-order valence-corrected chi connectivity index (χ1v) is 8.77. The van der Waals surface area contributed by atoms with E-state index in [1.54, 1.807) is 0 Å². The summed E-state index contributed by atoms with van der Waals surface area (Å²) < 4.78 is 5.27. The number of carbonyl (C=O) groups is 1. The van der Waals surface area contributed by atoms with Gasteiger partial charge < -0.3 is 15.2 Å². The van der Waals surface area contributed by atoms with Gasteiger partial charge in [-0.2, -0.15) is 0 Å². The first-order valence-electron chi connectivity index (χ1n) is 8.77. The Morgan fingerprint density at radius 1 is 1.21 bits per heavy atom. The van der Waals surface area contributed by atoms with Crippen LogP contribution in [0, 0.1) is 5.41 Å². The van der Waals surface area contributed by atoms with Crippen molar-refractivity contribution in [3.8, 4) is 0 Å². The number of carbonyl (C=O) groups excluding carboxylic acids is 1. The minimum Gasteiger partial charge on any atom is -0.444 e. The molecule has 5 nitrogen and oxygen atoms in total. The Bertz CT molecular complexity index is 546. The first kappa shape index (κ1) is 18.6. The Morgan fingerprint density at radius 2 is 1.88 bits per heavy atom. The lowest BCUT2D eigenvalue weighted by atomic mass is 9.74. The van der Waals surface area contributed by atoms with Crippen molar-refractivity contribution in [2.24, 2.45) is 5.41 Å². The summed E-state index contributed by atoms with van der Waals surface area (Å²) in [5, 5.41) is 16.0. The molecule has 0 saturated heterocycles. The van der Waals surface area contributed by atoms with Crippen LogP contribution in [0.15, 0.2) is 24.3 Å². The second-order valence-corrected chi connectivity index (χ2v) is 7.78. The fraction of sp³-hybridized carbons (Fsp3) is 0.632. The van der Waals surface area contributed by atoms with Gasteiger partial charge in [-0.1, -0.05) is 25.3 Å². The number of nitrogens with one attached hydrogen (secondary N) is 2. The summed E-state index contributed by atoms with van der Waals surface area (Å²) in [6, 6.07) is 7.57. The molecule has 1 aromatic rings. The van der Waals surface area contributed by atoms with Crippen molar-refractivity contribution in [1.82, 2.24) is 0 Å². The van der Waals surface area contributed by atoms with Crippen LogP contribution in [-0.4, -0.2) is 30.0 Å². The van der Waals surface area contributed by atoms with E-state index in [-0.39, 0.29) is 12.0 Å². The molecular weight excluding hydrogens is 304 g/mol. The zero-order valence-corrected chi connectivity index (χ0v) is 15.0. The van der Waals surface area contributed by atoms with Crippen LogP contribution in [0.25, 0.3) is 0 Å². The molecule has 5 heteroatoms. The molecule has 1 aromatic carbocycles. The highest BCUT2D eigenvalue weighted by molar-refractivity contribution is 5.85. The van der Waals surface area contributed by atoms with Gasteiger partial charge in [0.15, 0.2) is 0 Å². The van der Waals surface area contributed by atoms with Crippen molar-refractivity contribution in [1.29, 1.82) is 0 Å². The molecule has 0 unspecified atom stereocenters. The van der Waals surface area contributed by atoms with Crippen LogP contribution in [-0.2, 0) is 4.74 Å². The Labute approximate surface area is 144 Å². The summed E-state index contributed by atoms with van der Waals surface area (Å²) in [5.74, 6) is 0. The molecular formula is C19H30N2O3. The number of amides is 1. The van der Waals surface area contributed by atoms with Gasteiger partial charge in [-0.3, -0.25) is 5.32 Å². The molecule has 1 amide bonds. The van der Waals surface area contributed by atoms with E-state index in [2.05, 4.69) is 10.6 Å². The third-order valence-electron chi connectivity index (χ3n) is 4.42. The Hall–Kier alpha value is -1.75. The molecule has 1 saturated carbocycles. The van der Waals surface area contributed by atoms with Gasteiger partial charge in [-0.15, -0.1) is 0 Å². The molecule has 2 rings (SSSR count). The number of hydrogen-bond acceptors (Lipinski definition) is 4. The molecule has 0 aromatic heterocycles. The fourth-order valence-electron chi connectivity index (χ4n) is 3.11. The first-order chi connectivity index (χ1) is 11.3. The maximum Gasteiger partial charge on any atom is 0.412 e. The highest BCUT2D eigenvalue weighted by Crippen LogP contribution is 2.36. The average Bonchev–Trinajstić information content (AvgIpc) is 2.52. The molecule has 24 heavy (non-hydrogen) atoms. The van der Waals surface area contributed by atoms with E-state index in [4.69, 9.17) is 4.74 Å². The third-order valence-corrected chi connectivity index (χ3v) is 4.42. The normalized spacial score (nSPS) is 17.2. The summed E-state index contributed by atoms with van der Waals surface area (Å²) in [7, 11) is 0. The van der Waals surface area contributed by atoms with E-state index in [9.17, 15) is 9.90 Å². The zero-order valence-electron chi connectivity index (χ0n) is 15.0. The number of aliphatic hydroxyl groups is 1. The number of aliphatic hydroxyl groups excluding tert-OH is 1. The number of hydrogen-bond donors (Lipinski definition) is 3. The van der Waals surface area contributed by atoms with E-state index >= 15 is 0 Å². The topological polar surface area (TPSA) is 70.6 Å². The standard InChI is InChI=1S/C19H30N2O3/c1-18(2,3)24-17(23)21-16-9-7-8-15(12-16)20-13-19(14-22)10-5-4-6-11-19/h7-9,12,20,22H,4-6,10-11,13-14H2,1-3H3,(H,21,23). The summed E-state index contributed by atoms with van der Waals surface area (Å²) in [6.07, 6.45) is 5.29. The highest BCUT2D eigenvalue weighted by Gasteiger charge is 2.31. The van der Waals surface area contributed by atoms with Gasteiger partial charge in [0.25, 0.3) is 0 Å². The number of anilines is 2. The van der Waals surface area contributed by atoms with E-state index < -0.39 is 11.7 Å². The number of rotatable bonds is 5. The maximum atomic E-state index is 11.9. The predicted molar refractivity (Wildman–Crippen MR) is 97.4 cm³/mol. The van der Waals surface area contributed by atoms with Crippen LogP contribution in [0.5, 0.6) is 0 Å². The minimum atomic E-state index is -0.519. The van der Waals surface area contributed by atoms with Gasteiger partial charge in [0.1, 0.15) is 5.60 Å². The lowest BCUT2D eigenvalue weighted by molar-refractivity contribution is 0.0636. The minimum absolute atomic E-state index is 0.0210. The SMILES string of the molecule is CC(C)(C)OC(=O)Nc1cccc(NCC2(CO)CCCCC2)c1. The molecule has 0 spiro atoms. The van der Waals surface area contributed by atoms with Crippen molar-refractivity contribution in [3.05, 3.63) is 24.3 Å². The molecule has 1 aliphatic carbocycles. The van der Waals surface area contributed by atoms with Crippen molar-refractivity contribution in [2.75, 3.05) is 23.8 Å². The molecule has 1 aliphatic rings. The van der Waals surface area contributed by atoms with E-state index in [1.807, 2.05) is 45.0 Å². The molecule has 1 fully saturated rings. The van der Waals surface area contributed by atoms with Crippen LogP contribution in [0.1, 0.15) is 52.9 Å². The van der Waals surface area contributed by atoms with Crippen molar-refractivity contribution in [3.63, 3.8) is 0 Å². The molecule has 134 valence electrons. The lowest BCUT2D eigenvalue weighted by Crippen LogP contribution is -2.35. The highest BCUT2D eigenvalue weighted by atomic mass is 16.6. The van der Waals surface area contributed by atoms with E-state index in [0.717, 1.165) is 25.1 Å². The largest absolute Gasteiger partial charge is 0.444 e. The van der Waals surface area contributed by atoms with Crippen molar-refractivity contribution < 1.29 is 14.6 Å². The van der Waals surface area contributed by atoms with Gasteiger partial charge in [-0.05, 0) is 51.8 Å². The lowest BCUT2D eigenvalue weighted by Gasteiger charge is -2.36. The quantitative estimate of drug-likeness (QED) is 0.747. The maximum absolute atomic E-state index is 11.9. The Morgan fingerprint density at radius 3 is 2.50 bits per heavy atom. The molecule has 0 aliphatic heterocycles. The second kappa shape index (κ2) is 7.88. The third kappa shape index (κ3) is 5.71. The van der Waals surface area contributed by atoms with Crippen LogP contribution in [0.4, 0.5) is 16.2 Å². The summed E-state index contributed by atoms with van der Waals surface area (Å²) in [5.41, 5.74) is 1.08. The molecule has 0 heterocycles. The van der Waals surface area contributed by atoms with E-state index in [0.29, 0.717) is 5.69 Å². The van der Waals surface area contributed by atoms with Crippen LogP contribution < -0.4 is 10.6 Å². The second-order valence-electron chi connectivity index (χ2n) is 7.78. The zero-order chi connectivity index (χ0) is 17.6. The Balaban J connectivity index is 1.93. The fourth-order valence-corrected chi connectivity index (χ4v) is 3.11. The Kier molecular flexibility index (Phi) is 6.10. The van der Waals surface area contributed by atoms with Gasteiger partial charge in [-0.25, -0.2) is 4.79 Å². The van der Waals surface area contributed by atoms with Crippen LogP contribution >= 0.6 is 0 Å². The summed E-state index contributed by atoms with van der Waals surface area (Å²) >= 11 is 0. The molecule has 0 radical (unpaired) electrons. The summed E-state index contributed by atoms with van der Waals surface area (Å²) in [4.78, 5) is 11.9. The van der Waals surface area contributed by atoms with Gasteiger partial charge in [0.2, 0.25) is 0 Å². The van der Waals surface area contributed by atoms with Gasteiger partial charge in [0, 0.05) is 23.3 Å².